The van der Waals surface area contributed by atoms with Crippen LogP contribution in [-0.2, 0) is 10.2 Å². The monoisotopic (exact) mass is 245 g/mol. The molecule has 0 atom stereocenters. The lowest BCUT2D eigenvalue weighted by molar-refractivity contribution is 0.0605. The van der Waals surface area contributed by atoms with Gasteiger partial charge in [0.05, 0.1) is 5.41 Å². The summed E-state index contributed by atoms with van der Waals surface area (Å²) in [5.41, 5.74) is 0.682. The van der Waals surface area contributed by atoms with Crippen molar-refractivity contribution < 1.29 is 4.74 Å². The van der Waals surface area contributed by atoms with Crippen LogP contribution < -0.4 is 5.69 Å². The molecule has 18 heavy (non-hydrogen) atoms. The Morgan fingerprint density at radius 3 is 2.50 bits per heavy atom. The third-order valence-electron chi connectivity index (χ3n) is 3.63. The van der Waals surface area contributed by atoms with E-state index in [0.717, 1.165) is 12.8 Å². The molecule has 0 aliphatic carbocycles. The minimum absolute atomic E-state index is 0.237. The maximum absolute atomic E-state index is 11.3. The maximum atomic E-state index is 11.3. The first-order valence-corrected chi connectivity index (χ1v) is 6.10. The summed E-state index contributed by atoms with van der Waals surface area (Å²) in [4.78, 5) is 14.1. The Balaban J connectivity index is 2.12. The van der Waals surface area contributed by atoms with E-state index in [1.54, 1.807) is 0 Å². The molecule has 1 aliphatic heterocycles. The van der Waals surface area contributed by atoms with Gasteiger partial charge in [-0.3, -0.25) is 4.98 Å². The summed E-state index contributed by atoms with van der Waals surface area (Å²) in [5.74, 6) is 0.710. The average molecular weight is 245 g/mol. The van der Waals surface area contributed by atoms with Crippen LogP contribution in [0.25, 0.3) is 0 Å². The standard InChI is InChI=1S/C13H15N3O2/c17-12-14-11(15-16-12)13(6-8-18-9-7-13)10-4-2-1-3-5-10/h1-5H,6-9H2,(H2,14,15,16,17). The molecule has 5 heteroatoms. The van der Waals surface area contributed by atoms with Crippen molar-refractivity contribution in [3.63, 3.8) is 0 Å². The van der Waals surface area contributed by atoms with E-state index in [1.807, 2.05) is 18.2 Å². The van der Waals surface area contributed by atoms with Gasteiger partial charge < -0.3 is 4.74 Å². The fourth-order valence-electron chi connectivity index (χ4n) is 2.64. The molecule has 0 bridgehead atoms. The lowest BCUT2D eigenvalue weighted by atomic mass is 9.73. The van der Waals surface area contributed by atoms with Crippen molar-refractivity contribution in [2.24, 2.45) is 0 Å². The molecule has 1 aromatic carbocycles. The smallest absolute Gasteiger partial charge is 0.340 e. The molecule has 3 rings (SSSR count). The largest absolute Gasteiger partial charge is 0.381 e. The SMILES string of the molecule is O=c1[nH]nc(C2(c3ccccc3)CCOCC2)[nH]1. The highest BCUT2D eigenvalue weighted by Crippen LogP contribution is 2.38. The molecule has 2 heterocycles. The van der Waals surface area contributed by atoms with Gasteiger partial charge in [0.1, 0.15) is 5.82 Å². The zero-order valence-corrected chi connectivity index (χ0v) is 9.98. The van der Waals surface area contributed by atoms with Crippen molar-refractivity contribution in [2.45, 2.75) is 18.3 Å². The first-order valence-electron chi connectivity index (χ1n) is 6.10. The van der Waals surface area contributed by atoms with Gasteiger partial charge in [-0.05, 0) is 18.4 Å². The zero-order valence-electron chi connectivity index (χ0n) is 9.98. The number of nitrogens with one attached hydrogen (secondary N) is 2. The molecule has 0 saturated carbocycles. The highest BCUT2D eigenvalue weighted by molar-refractivity contribution is 5.33. The van der Waals surface area contributed by atoms with Gasteiger partial charge in [0.2, 0.25) is 0 Å². The Labute approximate surface area is 104 Å². The molecule has 1 fully saturated rings. The molecule has 0 amide bonds. The number of aromatic nitrogens is 3. The van der Waals surface area contributed by atoms with Crippen LogP contribution >= 0.6 is 0 Å². The minimum atomic E-state index is -0.258. The molecule has 0 spiro atoms. The van der Waals surface area contributed by atoms with Gasteiger partial charge in [0, 0.05) is 13.2 Å². The van der Waals surface area contributed by atoms with E-state index in [1.165, 1.54) is 5.56 Å². The summed E-state index contributed by atoms with van der Waals surface area (Å²) in [6, 6.07) is 10.2. The van der Waals surface area contributed by atoms with Gasteiger partial charge in [0.15, 0.2) is 0 Å². The molecule has 1 aromatic heterocycles. The number of nitrogens with zero attached hydrogens (tertiary/aromatic N) is 1. The van der Waals surface area contributed by atoms with Crippen molar-refractivity contribution in [3.05, 3.63) is 52.2 Å². The van der Waals surface area contributed by atoms with Crippen molar-refractivity contribution in [1.29, 1.82) is 0 Å². The Hall–Kier alpha value is -1.88. The van der Waals surface area contributed by atoms with Crippen LogP contribution in [0.1, 0.15) is 24.2 Å². The summed E-state index contributed by atoms with van der Waals surface area (Å²) < 4.78 is 5.44. The lowest BCUT2D eigenvalue weighted by Crippen LogP contribution is -2.36. The Kier molecular flexibility index (Phi) is 2.76. The summed E-state index contributed by atoms with van der Waals surface area (Å²) in [6.07, 6.45) is 1.66. The fraction of sp³-hybridized carbons (Fsp3) is 0.385. The van der Waals surface area contributed by atoms with Crippen molar-refractivity contribution in [3.8, 4) is 0 Å². The van der Waals surface area contributed by atoms with E-state index in [-0.39, 0.29) is 11.1 Å². The lowest BCUT2D eigenvalue weighted by Gasteiger charge is -2.35. The molecular formula is C13H15N3O2. The van der Waals surface area contributed by atoms with E-state index in [9.17, 15) is 4.79 Å². The van der Waals surface area contributed by atoms with Crippen molar-refractivity contribution in [1.82, 2.24) is 15.2 Å². The van der Waals surface area contributed by atoms with Crippen LogP contribution in [0, 0.1) is 0 Å². The van der Waals surface area contributed by atoms with Gasteiger partial charge in [-0.1, -0.05) is 30.3 Å². The van der Waals surface area contributed by atoms with E-state index in [0.29, 0.717) is 19.0 Å². The van der Waals surface area contributed by atoms with E-state index in [2.05, 4.69) is 27.3 Å². The van der Waals surface area contributed by atoms with Gasteiger partial charge in [-0.15, -0.1) is 0 Å². The molecule has 1 saturated heterocycles. The maximum Gasteiger partial charge on any atom is 0.340 e. The second-order valence-corrected chi connectivity index (χ2v) is 4.59. The summed E-state index contributed by atoms with van der Waals surface area (Å²) >= 11 is 0. The highest BCUT2D eigenvalue weighted by Gasteiger charge is 2.39. The van der Waals surface area contributed by atoms with Crippen molar-refractivity contribution in [2.75, 3.05) is 13.2 Å². The number of rotatable bonds is 2. The van der Waals surface area contributed by atoms with E-state index >= 15 is 0 Å². The number of hydrogen-bond acceptors (Lipinski definition) is 3. The van der Waals surface area contributed by atoms with Gasteiger partial charge >= 0.3 is 5.69 Å². The van der Waals surface area contributed by atoms with E-state index < -0.39 is 0 Å². The number of aromatic amines is 2. The molecule has 0 radical (unpaired) electrons. The third kappa shape index (κ3) is 1.76. The van der Waals surface area contributed by atoms with Crippen LogP contribution in [0.3, 0.4) is 0 Å². The van der Waals surface area contributed by atoms with Crippen LogP contribution in [-0.4, -0.2) is 28.4 Å². The quantitative estimate of drug-likeness (QED) is 0.835. The predicted octanol–water partition coefficient (Wildman–Crippen LogP) is 1.19. The Morgan fingerprint density at radius 1 is 1.17 bits per heavy atom. The summed E-state index contributed by atoms with van der Waals surface area (Å²) in [6.45, 7) is 1.37. The third-order valence-corrected chi connectivity index (χ3v) is 3.63. The van der Waals surface area contributed by atoms with Crippen molar-refractivity contribution >= 4 is 0 Å². The van der Waals surface area contributed by atoms with Gasteiger partial charge in [0.25, 0.3) is 0 Å². The second kappa shape index (κ2) is 4.42. The summed E-state index contributed by atoms with van der Waals surface area (Å²) in [5, 5.41) is 6.60. The molecule has 2 N–H and O–H groups in total. The fourth-order valence-corrected chi connectivity index (χ4v) is 2.64. The number of hydrogen-bond donors (Lipinski definition) is 2. The average Bonchev–Trinajstić information content (AvgIpc) is 2.88. The van der Waals surface area contributed by atoms with Crippen LogP contribution in [0.5, 0.6) is 0 Å². The molecule has 5 nitrogen and oxygen atoms in total. The highest BCUT2D eigenvalue weighted by atomic mass is 16.5. The van der Waals surface area contributed by atoms with Crippen LogP contribution in [0.4, 0.5) is 0 Å². The molecule has 0 unspecified atom stereocenters. The Bertz CT molecular complexity index is 567. The topological polar surface area (TPSA) is 70.8 Å². The zero-order chi connectivity index (χ0) is 12.4. The first kappa shape index (κ1) is 11.2. The molecule has 2 aromatic rings. The molecular weight excluding hydrogens is 230 g/mol. The first-order chi connectivity index (χ1) is 8.81. The molecule has 94 valence electrons. The normalized spacial score (nSPS) is 18.7. The van der Waals surface area contributed by atoms with Gasteiger partial charge in [-0.25, -0.2) is 9.89 Å². The van der Waals surface area contributed by atoms with Crippen LogP contribution in [0.15, 0.2) is 35.1 Å². The predicted molar refractivity (Wildman–Crippen MR) is 66.5 cm³/mol. The Morgan fingerprint density at radius 2 is 1.89 bits per heavy atom. The van der Waals surface area contributed by atoms with E-state index in [4.69, 9.17) is 4.74 Å². The molecule has 1 aliphatic rings. The van der Waals surface area contributed by atoms with Gasteiger partial charge in [-0.2, -0.15) is 5.10 Å². The number of H-pyrrole nitrogens is 2. The summed E-state index contributed by atoms with van der Waals surface area (Å²) in [7, 11) is 0. The minimum Gasteiger partial charge on any atom is -0.381 e. The second-order valence-electron chi connectivity index (χ2n) is 4.59. The van der Waals surface area contributed by atoms with Crippen LogP contribution in [0.2, 0.25) is 0 Å². The number of ether oxygens (including phenoxy) is 1. The number of benzene rings is 1.